The second-order valence-corrected chi connectivity index (χ2v) is 7.07. The maximum atomic E-state index is 13.2. The van der Waals surface area contributed by atoms with E-state index in [4.69, 9.17) is 0 Å². The van der Waals surface area contributed by atoms with E-state index in [2.05, 4.69) is 21.5 Å². The summed E-state index contributed by atoms with van der Waals surface area (Å²) in [4.78, 5) is 16.6. The van der Waals surface area contributed by atoms with Crippen molar-refractivity contribution in [3.8, 4) is 5.69 Å². The van der Waals surface area contributed by atoms with Crippen LogP contribution in [0.15, 0.2) is 52.6 Å². The number of hydrogen-bond donors (Lipinski definition) is 2. The van der Waals surface area contributed by atoms with Gasteiger partial charge in [0.15, 0.2) is 0 Å². The summed E-state index contributed by atoms with van der Waals surface area (Å²) in [6.45, 7) is 3.09. The van der Waals surface area contributed by atoms with Gasteiger partial charge in [0.05, 0.1) is 11.4 Å². The average Bonchev–Trinajstić information content (AvgIpc) is 3.25. The number of hydrogen-bond acceptors (Lipinski definition) is 4. The summed E-state index contributed by atoms with van der Waals surface area (Å²) in [6.07, 6.45) is 0. The minimum absolute atomic E-state index is 0.153. The van der Waals surface area contributed by atoms with E-state index >= 15 is 0 Å². The molecule has 5 nitrogen and oxygen atoms in total. The molecule has 4 rings (SSSR count). The Balaban J connectivity index is 1.65. The standard InChI is InChI=1S/C19H17FN4OS/c1-12-17-9-13(10-21-11-16-3-2-8-26-16)19(25)22-18(17)24(23-12)15-6-4-14(20)5-7-15/h2-9,21H,10-11H2,1H3,(H,22,25). The van der Waals surface area contributed by atoms with Crippen LogP contribution in [-0.2, 0) is 13.1 Å². The van der Waals surface area contributed by atoms with Crippen molar-refractivity contribution in [3.05, 3.63) is 80.2 Å². The van der Waals surface area contributed by atoms with Gasteiger partial charge >= 0.3 is 0 Å². The Kier molecular flexibility index (Phi) is 4.40. The monoisotopic (exact) mass is 368 g/mol. The lowest BCUT2D eigenvalue weighted by molar-refractivity contribution is 0.627. The Bertz CT molecular complexity index is 1100. The topological polar surface area (TPSA) is 62.7 Å². The van der Waals surface area contributed by atoms with E-state index in [-0.39, 0.29) is 11.4 Å². The quantitative estimate of drug-likeness (QED) is 0.567. The van der Waals surface area contributed by atoms with Gasteiger partial charge in [0.2, 0.25) is 0 Å². The zero-order valence-corrected chi connectivity index (χ0v) is 14.9. The molecule has 7 heteroatoms. The molecule has 132 valence electrons. The molecule has 0 aliphatic carbocycles. The highest BCUT2D eigenvalue weighted by atomic mass is 32.1. The molecule has 0 amide bonds. The Morgan fingerprint density at radius 1 is 1.23 bits per heavy atom. The maximum absolute atomic E-state index is 13.2. The second kappa shape index (κ2) is 6.86. The summed E-state index contributed by atoms with van der Waals surface area (Å²) in [6, 6.07) is 12.0. The van der Waals surface area contributed by atoms with Gasteiger partial charge in [0, 0.05) is 28.9 Å². The van der Waals surface area contributed by atoms with Gasteiger partial charge in [-0.1, -0.05) is 6.07 Å². The Morgan fingerprint density at radius 3 is 2.77 bits per heavy atom. The molecule has 0 atom stereocenters. The Labute approximate surface area is 153 Å². The molecule has 3 aromatic heterocycles. The van der Waals surface area contributed by atoms with Gasteiger partial charge in [0.1, 0.15) is 11.5 Å². The summed E-state index contributed by atoms with van der Waals surface area (Å²) in [5, 5.41) is 10.7. The van der Waals surface area contributed by atoms with Gasteiger partial charge < -0.3 is 10.3 Å². The van der Waals surface area contributed by atoms with E-state index in [0.717, 1.165) is 17.6 Å². The number of nitrogens with zero attached hydrogens (tertiary/aromatic N) is 2. The van der Waals surface area contributed by atoms with E-state index in [1.54, 1.807) is 28.2 Å². The number of aryl methyl sites for hydroxylation is 1. The summed E-state index contributed by atoms with van der Waals surface area (Å²) in [5.41, 5.74) is 2.63. The molecule has 0 radical (unpaired) electrons. The highest BCUT2D eigenvalue weighted by Gasteiger charge is 2.13. The van der Waals surface area contributed by atoms with Crippen LogP contribution < -0.4 is 10.9 Å². The predicted molar refractivity (Wildman–Crippen MR) is 101 cm³/mol. The number of fused-ring (bicyclic) bond motifs is 1. The molecule has 3 heterocycles. The number of H-pyrrole nitrogens is 1. The smallest absolute Gasteiger partial charge is 0.254 e. The van der Waals surface area contributed by atoms with Crippen molar-refractivity contribution in [1.82, 2.24) is 20.1 Å². The fraction of sp³-hybridized carbons (Fsp3) is 0.158. The predicted octanol–water partition coefficient (Wildman–Crippen LogP) is 3.51. The first-order valence-electron chi connectivity index (χ1n) is 8.22. The van der Waals surface area contributed by atoms with Gasteiger partial charge in [-0.3, -0.25) is 4.79 Å². The minimum atomic E-state index is -0.311. The van der Waals surface area contributed by atoms with Crippen molar-refractivity contribution < 1.29 is 4.39 Å². The molecule has 2 N–H and O–H groups in total. The molecule has 1 aromatic carbocycles. The van der Waals surface area contributed by atoms with E-state index in [0.29, 0.717) is 23.4 Å². The molecule has 0 aliphatic rings. The van der Waals surface area contributed by atoms with E-state index < -0.39 is 0 Å². The van der Waals surface area contributed by atoms with Crippen molar-refractivity contribution in [1.29, 1.82) is 0 Å². The third-order valence-electron chi connectivity index (χ3n) is 4.21. The number of thiophene rings is 1. The first-order valence-corrected chi connectivity index (χ1v) is 9.10. The molecule has 0 aliphatic heterocycles. The van der Waals surface area contributed by atoms with Gasteiger partial charge in [-0.25, -0.2) is 9.07 Å². The number of aromatic nitrogens is 3. The number of pyridine rings is 1. The van der Waals surface area contributed by atoms with E-state index in [9.17, 15) is 9.18 Å². The molecule has 0 bridgehead atoms. The van der Waals surface area contributed by atoms with Gasteiger partial charge in [0.25, 0.3) is 5.56 Å². The number of nitrogens with one attached hydrogen (secondary N) is 2. The lowest BCUT2D eigenvalue weighted by Crippen LogP contribution is -2.20. The Hall–Kier alpha value is -2.77. The molecular formula is C19H17FN4OS. The summed E-state index contributed by atoms with van der Waals surface area (Å²) in [7, 11) is 0. The fourth-order valence-corrected chi connectivity index (χ4v) is 3.57. The average molecular weight is 368 g/mol. The first-order chi connectivity index (χ1) is 12.6. The van der Waals surface area contributed by atoms with Crippen LogP contribution in [0.1, 0.15) is 16.1 Å². The molecular weight excluding hydrogens is 351 g/mol. The molecule has 0 fully saturated rings. The minimum Gasteiger partial charge on any atom is -0.308 e. The lowest BCUT2D eigenvalue weighted by atomic mass is 10.2. The lowest BCUT2D eigenvalue weighted by Gasteiger charge is -2.05. The van der Waals surface area contributed by atoms with Crippen LogP contribution in [0.25, 0.3) is 16.7 Å². The van der Waals surface area contributed by atoms with Crippen LogP contribution in [0.3, 0.4) is 0 Å². The van der Waals surface area contributed by atoms with Crippen LogP contribution in [-0.4, -0.2) is 14.8 Å². The molecule has 0 saturated heterocycles. The second-order valence-electron chi connectivity index (χ2n) is 6.04. The van der Waals surface area contributed by atoms with E-state index in [1.165, 1.54) is 17.0 Å². The zero-order valence-electron chi connectivity index (χ0n) is 14.1. The first kappa shape index (κ1) is 16.7. The number of rotatable bonds is 5. The van der Waals surface area contributed by atoms with Gasteiger partial charge in [-0.15, -0.1) is 11.3 Å². The third kappa shape index (κ3) is 3.18. The Morgan fingerprint density at radius 2 is 2.04 bits per heavy atom. The van der Waals surface area contributed by atoms with Crippen molar-refractivity contribution in [2.45, 2.75) is 20.0 Å². The van der Waals surface area contributed by atoms with Crippen LogP contribution in [0.4, 0.5) is 4.39 Å². The number of aromatic amines is 1. The van der Waals surface area contributed by atoms with Crippen LogP contribution in [0.5, 0.6) is 0 Å². The van der Waals surface area contributed by atoms with Crippen molar-refractivity contribution in [3.63, 3.8) is 0 Å². The molecule has 0 spiro atoms. The number of halogens is 1. The molecule has 4 aromatic rings. The van der Waals surface area contributed by atoms with Gasteiger partial charge in [-0.2, -0.15) is 5.10 Å². The summed E-state index contributed by atoms with van der Waals surface area (Å²) in [5.74, 6) is -0.311. The highest BCUT2D eigenvalue weighted by Crippen LogP contribution is 2.20. The fourth-order valence-electron chi connectivity index (χ4n) is 2.89. The van der Waals surface area contributed by atoms with Crippen LogP contribution in [0.2, 0.25) is 0 Å². The van der Waals surface area contributed by atoms with Crippen LogP contribution in [0, 0.1) is 12.7 Å². The van der Waals surface area contributed by atoms with Crippen molar-refractivity contribution in [2.24, 2.45) is 0 Å². The molecule has 0 unspecified atom stereocenters. The van der Waals surface area contributed by atoms with Crippen molar-refractivity contribution >= 4 is 22.4 Å². The SMILES string of the molecule is Cc1nn(-c2ccc(F)cc2)c2[nH]c(=O)c(CNCc3cccs3)cc12. The number of benzene rings is 1. The summed E-state index contributed by atoms with van der Waals surface area (Å²) >= 11 is 1.68. The van der Waals surface area contributed by atoms with Crippen molar-refractivity contribution in [2.75, 3.05) is 0 Å². The normalized spacial score (nSPS) is 11.3. The largest absolute Gasteiger partial charge is 0.308 e. The maximum Gasteiger partial charge on any atom is 0.254 e. The van der Waals surface area contributed by atoms with Gasteiger partial charge in [-0.05, 0) is 48.7 Å². The summed E-state index contributed by atoms with van der Waals surface area (Å²) < 4.78 is 14.8. The molecule has 26 heavy (non-hydrogen) atoms. The van der Waals surface area contributed by atoms with Crippen LogP contribution >= 0.6 is 11.3 Å². The zero-order chi connectivity index (χ0) is 18.1. The molecule has 0 saturated carbocycles. The van der Waals surface area contributed by atoms with E-state index in [1.807, 2.05) is 24.4 Å². The highest BCUT2D eigenvalue weighted by molar-refractivity contribution is 7.09. The third-order valence-corrected chi connectivity index (χ3v) is 5.09.